The number of aliphatic hydroxyl groups is 1. The minimum absolute atomic E-state index is 0. The number of hydrogen-bond donors (Lipinski definition) is 3. The van der Waals surface area contributed by atoms with Crippen LogP contribution >= 0.6 is 24.0 Å². The first-order chi connectivity index (χ1) is 15.5. The monoisotopic (exact) mass is 576 g/mol. The number of ether oxygens (including phenoxy) is 3. The summed E-state index contributed by atoms with van der Waals surface area (Å²) in [6.07, 6.45) is 1.89. The van der Waals surface area contributed by atoms with E-state index in [2.05, 4.69) is 34.6 Å². The Morgan fingerprint density at radius 3 is 2.36 bits per heavy atom. The number of aliphatic imine (C=N–C) groups is 1. The number of nitrogens with one attached hydrogen (secondary N) is 2. The number of rotatable bonds is 9. The van der Waals surface area contributed by atoms with E-state index in [1.165, 1.54) is 5.56 Å². The molecule has 3 N–H and O–H groups in total. The minimum atomic E-state index is -0.897. The van der Waals surface area contributed by atoms with E-state index in [0.717, 1.165) is 77.2 Å². The molecule has 1 atom stereocenters. The molecule has 0 aliphatic carbocycles. The third-order valence-corrected chi connectivity index (χ3v) is 6.34. The minimum Gasteiger partial charge on any atom is -0.497 e. The molecule has 0 bridgehead atoms. The van der Waals surface area contributed by atoms with Crippen LogP contribution in [0.15, 0.2) is 29.3 Å². The lowest BCUT2D eigenvalue weighted by Crippen LogP contribution is -2.50. The van der Waals surface area contributed by atoms with Crippen molar-refractivity contribution in [2.24, 2.45) is 4.99 Å². The number of methoxy groups -OCH3 is 1. The van der Waals surface area contributed by atoms with Gasteiger partial charge in [0.05, 0.1) is 32.5 Å². The number of halogens is 1. The Labute approximate surface area is 215 Å². The van der Waals surface area contributed by atoms with Crippen molar-refractivity contribution in [1.82, 2.24) is 15.5 Å². The van der Waals surface area contributed by atoms with Gasteiger partial charge in [0, 0.05) is 51.4 Å². The van der Waals surface area contributed by atoms with Crippen molar-refractivity contribution in [3.63, 3.8) is 0 Å². The van der Waals surface area contributed by atoms with Crippen LogP contribution in [0.2, 0.25) is 0 Å². The second-order valence-electron chi connectivity index (χ2n) is 9.06. The van der Waals surface area contributed by atoms with E-state index in [-0.39, 0.29) is 29.4 Å². The fourth-order valence-corrected chi connectivity index (χ4v) is 4.41. The summed E-state index contributed by atoms with van der Waals surface area (Å²) in [6.45, 7) is 11.0. The average molecular weight is 577 g/mol. The van der Waals surface area contributed by atoms with E-state index in [0.29, 0.717) is 13.1 Å². The first-order valence-electron chi connectivity index (χ1n) is 11.7. The highest BCUT2D eigenvalue weighted by Crippen LogP contribution is 2.35. The topological polar surface area (TPSA) is 87.6 Å². The molecule has 0 spiro atoms. The van der Waals surface area contributed by atoms with Crippen LogP contribution < -0.4 is 15.4 Å². The highest BCUT2D eigenvalue weighted by Gasteiger charge is 2.35. The zero-order valence-electron chi connectivity index (χ0n) is 20.3. The maximum absolute atomic E-state index is 10.9. The SMILES string of the molecule is CCNC(=NCC(C)(O)CN1CCOCC1)NCC1(c2ccc(OC)cc2)CCOCC1.I. The Morgan fingerprint density at radius 1 is 1.12 bits per heavy atom. The Kier molecular flexibility index (Phi) is 11.6. The summed E-state index contributed by atoms with van der Waals surface area (Å²) in [6, 6.07) is 8.36. The molecule has 2 saturated heterocycles. The van der Waals surface area contributed by atoms with Crippen molar-refractivity contribution in [3.8, 4) is 5.75 Å². The van der Waals surface area contributed by atoms with Gasteiger partial charge in [0.2, 0.25) is 0 Å². The van der Waals surface area contributed by atoms with Crippen LogP contribution in [0.25, 0.3) is 0 Å². The molecule has 3 rings (SSSR count). The summed E-state index contributed by atoms with van der Waals surface area (Å²) in [5.74, 6) is 1.59. The maximum Gasteiger partial charge on any atom is 0.191 e. The van der Waals surface area contributed by atoms with Gasteiger partial charge in [0.25, 0.3) is 0 Å². The summed E-state index contributed by atoms with van der Waals surface area (Å²) in [5.41, 5.74) is 0.354. The lowest BCUT2D eigenvalue weighted by molar-refractivity contribution is -0.0180. The lowest BCUT2D eigenvalue weighted by atomic mass is 9.74. The number of nitrogens with zero attached hydrogens (tertiary/aromatic N) is 2. The van der Waals surface area contributed by atoms with E-state index in [4.69, 9.17) is 19.2 Å². The number of morpholine rings is 1. The first kappa shape index (κ1) is 28.1. The summed E-state index contributed by atoms with van der Waals surface area (Å²) in [4.78, 5) is 6.96. The van der Waals surface area contributed by atoms with Crippen LogP contribution in [-0.2, 0) is 14.9 Å². The molecule has 0 saturated carbocycles. The molecular formula is C24H41IN4O4. The molecule has 0 amide bonds. The quantitative estimate of drug-likeness (QED) is 0.236. The molecule has 1 unspecified atom stereocenters. The maximum atomic E-state index is 10.9. The third-order valence-electron chi connectivity index (χ3n) is 6.34. The van der Waals surface area contributed by atoms with Gasteiger partial charge >= 0.3 is 0 Å². The van der Waals surface area contributed by atoms with Gasteiger partial charge in [-0.3, -0.25) is 9.89 Å². The zero-order valence-corrected chi connectivity index (χ0v) is 22.6. The smallest absolute Gasteiger partial charge is 0.191 e. The predicted molar refractivity (Wildman–Crippen MR) is 142 cm³/mol. The Morgan fingerprint density at radius 2 is 1.76 bits per heavy atom. The molecule has 2 aliphatic heterocycles. The molecule has 2 aliphatic rings. The molecule has 8 nitrogen and oxygen atoms in total. The number of guanidine groups is 1. The Balaban J connectivity index is 0.00000385. The molecule has 9 heteroatoms. The Bertz CT molecular complexity index is 718. The normalized spacial score (nSPS) is 20.9. The predicted octanol–water partition coefficient (Wildman–Crippen LogP) is 2.00. The van der Waals surface area contributed by atoms with Crippen molar-refractivity contribution in [2.75, 3.05) is 72.8 Å². The third kappa shape index (κ3) is 8.54. The largest absolute Gasteiger partial charge is 0.497 e. The van der Waals surface area contributed by atoms with Crippen molar-refractivity contribution in [3.05, 3.63) is 29.8 Å². The van der Waals surface area contributed by atoms with Crippen LogP contribution in [0.5, 0.6) is 5.75 Å². The van der Waals surface area contributed by atoms with E-state index >= 15 is 0 Å². The highest BCUT2D eigenvalue weighted by atomic mass is 127. The molecular weight excluding hydrogens is 535 g/mol. The number of β-amino-alcohol motifs (C(OH)–C–C–N with tert-alkyl or cyclic N) is 1. The van der Waals surface area contributed by atoms with Crippen LogP contribution in [0.4, 0.5) is 0 Å². The lowest BCUT2D eigenvalue weighted by Gasteiger charge is -2.38. The molecule has 1 aromatic carbocycles. The summed E-state index contributed by atoms with van der Waals surface area (Å²) >= 11 is 0. The Hall–Kier alpha value is -1.14. The fraction of sp³-hybridized carbons (Fsp3) is 0.708. The van der Waals surface area contributed by atoms with Crippen LogP contribution in [0, 0.1) is 0 Å². The van der Waals surface area contributed by atoms with E-state index in [1.807, 2.05) is 19.1 Å². The fourth-order valence-electron chi connectivity index (χ4n) is 4.41. The molecule has 2 fully saturated rings. The standard InChI is InChI=1S/C24H40N4O4.HI/c1-4-25-22(26-17-23(2,29)19-28-11-15-32-16-12-28)27-18-24(9-13-31-14-10-24)20-5-7-21(30-3)8-6-20;/h5-8,29H,4,9-19H2,1-3H3,(H2,25,26,27);1H. The van der Waals surface area contributed by atoms with Crippen LogP contribution in [0.3, 0.4) is 0 Å². The molecule has 2 heterocycles. The van der Waals surface area contributed by atoms with Crippen molar-refractivity contribution in [2.45, 2.75) is 37.7 Å². The van der Waals surface area contributed by atoms with Gasteiger partial charge < -0.3 is 30.0 Å². The first-order valence-corrected chi connectivity index (χ1v) is 11.7. The van der Waals surface area contributed by atoms with E-state index in [9.17, 15) is 5.11 Å². The van der Waals surface area contributed by atoms with Crippen LogP contribution in [0.1, 0.15) is 32.3 Å². The van der Waals surface area contributed by atoms with E-state index < -0.39 is 5.60 Å². The van der Waals surface area contributed by atoms with Gasteiger partial charge in [-0.05, 0) is 44.4 Å². The summed E-state index contributed by atoms with van der Waals surface area (Å²) < 4.78 is 16.4. The van der Waals surface area contributed by atoms with Gasteiger partial charge in [-0.25, -0.2) is 0 Å². The highest BCUT2D eigenvalue weighted by molar-refractivity contribution is 14.0. The van der Waals surface area contributed by atoms with Gasteiger partial charge in [-0.15, -0.1) is 24.0 Å². The molecule has 188 valence electrons. The van der Waals surface area contributed by atoms with Crippen molar-refractivity contribution in [1.29, 1.82) is 0 Å². The molecule has 0 radical (unpaired) electrons. The number of hydrogen-bond acceptors (Lipinski definition) is 6. The van der Waals surface area contributed by atoms with Crippen LogP contribution in [-0.4, -0.2) is 94.4 Å². The summed E-state index contributed by atoms with van der Waals surface area (Å²) in [5, 5.41) is 17.8. The molecule has 0 aromatic heterocycles. The molecule has 33 heavy (non-hydrogen) atoms. The van der Waals surface area contributed by atoms with Gasteiger partial charge in [-0.2, -0.15) is 0 Å². The molecule has 1 aromatic rings. The van der Waals surface area contributed by atoms with Gasteiger partial charge in [0.1, 0.15) is 5.75 Å². The summed E-state index contributed by atoms with van der Waals surface area (Å²) in [7, 11) is 1.69. The van der Waals surface area contributed by atoms with Crippen molar-refractivity contribution >= 4 is 29.9 Å². The number of benzene rings is 1. The average Bonchev–Trinajstić information content (AvgIpc) is 2.82. The zero-order chi connectivity index (χ0) is 22.9. The second-order valence-corrected chi connectivity index (χ2v) is 9.06. The second kappa shape index (κ2) is 13.7. The van der Waals surface area contributed by atoms with Gasteiger partial charge in [0.15, 0.2) is 5.96 Å². The van der Waals surface area contributed by atoms with Gasteiger partial charge in [-0.1, -0.05) is 12.1 Å². The van der Waals surface area contributed by atoms with Crippen molar-refractivity contribution < 1.29 is 19.3 Å². The van der Waals surface area contributed by atoms with E-state index in [1.54, 1.807) is 7.11 Å².